The van der Waals surface area contributed by atoms with Crippen LogP contribution in [0.15, 0.2) is 0 Å². The number of carbonyl (C=O) groups excluding carboxylic acids is 1. The first kappa shape index (κ1) is 18.9. The van der Waals surface area contributed by atoms with Crippen LogP contribution in [0.1, 0.15) is 67.2 Å². The van der Waals surface area contributed by atoms with Crippen molar-refractivity contribution in [2.75, 3.05) is 0 Å². The Morgan fingerprint density at radius 1 is 1.05 bits per heavy atom. The van der Waals surface area contributed by atoms with E-state index < -0.39 is 17.4 Å². The molecule has 0 heterocycles. The van der Waals surface area contributed by atoms with Gasteiger partial charge in [0, 0.05) is 0 Å². The van der Waals surface area contributed by atoms with Gasteiger partial charge in [-0.3, -0.25) is 9.59 Å². The molecule has 1 unspecified atom stereocenters. The second-order valence-electron chi connectivity index (χ2n) is 6.59. The van der Waals surface area contributed by atoms with Gasteiger partial charge in [-0.1, -0.05) is 41.0 Å². The zero-order chi connectivity index (χ0) is 15.9. The van der Waals surface area contributed by atoms with Crippen molar-refractivity contribution in [3.05, 3.63) is 0 Å². The van der Waals surface area contributed by atoms with Crippen LogP contribution in [0.4, 0.5) is 0 Å². The first-order valence-electron chi connectivity index (χ1n) is 7.60. The van der Waals surface area contributed by atoms with Crippen LogP contribution in [0.2, 0.25) is 0 Å². The summed E-state index contributed by atoms with van der Waals surface area (Å²) in [6, 6.07) is 0. The highest BCUT2D eigenvalue weighted by molar-refractivity contribution is 5.99. The third-order valence-electron chi connectivity index (χ3n) is 3.32. The van der Waals surface area contributed by atoms with Crippen molar-refractivity contribution in [3.8, 4) is 0 Å². The molecule has 0 aromatic heterocycles. The summed E-state index contributed by atoms with van der Waals surface area (Å²) >= 11 is 0. The van der Waals surface area contributed by atoms with Crippen molar-refractivity contribution in [1.82, 2.24) is 0 Å². The van der Waals surface area contributed by atoms with Crippen LogP contribution < -0.4 is 0 Å². The van der Waals surface area contributed by atoms with Gasteiger partial charge in [0.1, 0.15) is 0 Å². The van der Waals surface area contributed by atoms with Gasteiger partial charge in [-0.15, -0.1) is 0 Å². The number of carboxylic acids is 1. The van der Waals surface area contributed by atoms with Crippen LogP contribution in [0.5, 0.6) is 0 Å². The smallest absolute Gasteiger partial charge is 0.323 e. The molecule has 1 atom stereocenters. The Labute approximate surface area is 122 Å². The summed E-state index contributed by atoms with van der Waals surface area (Å²) in [7, 11) is 0. The van der Waals surface area contributed by atoms with Gasteiger partial charge in [0.25, 0.3) is 0 Å². The minimum atomic E-state index is -1.41. The Morgan fingerprint density at radius 3 is 1.80 bits per heavy atom. The Bertz CT molecular complexity index is 310. The Balaban J connectivity index is 5.25. The Morgan fingerprint density at radius 2 is 1.50 bits per heavy atom. The fourth-order valence-corrected chi connectivity index (χ4v) is 2.67. The lowest BCUT2D eigenvalue weighted by atomic mass is 9.74. The minimum absolute atomic E-state index is 0.124. The molecule has 118 valence electrons. The van der Waals surface area contributed by atoms with E-state index in [2.05, 4.69) is 0 Å². The molecule has 0 bridgehead atoms. The van der Waals surface area contributed by atoms with Gasteiger partial charge >= 0.3 is 11.9 Å². The van der Waals surface area contributed by atoms with Crippen molar-refractivity contribution < 1.29 is 19.4 Å². The molecule has 0 aliphatic carbocycles. The molecule has 4 nitrogen and oxygen atoms in total. The average molecular weight is 286 g/mol. The van der Waals surface area contributed by atoms with Gasteiger partial charge in [-0.05, 0) is 38.0 Å². The lowest BCUT2D eigenvalue weighted by Gasteiger charge is -2.31. The number of rotatable bonds is 9. The number of hydrogen-bond donors (Lipinski definition) is 1. The highest BCUT2D eigenvalue weighted by Gasteiger charge is 2.48. The van der Waals surface area contributed by atoms with Gasteiger partial charge in [0.05, 0.1) is 6.10 Å². The summed E-state index contributed by atoms with van der Waals surface area (Å²) < 4.78 is 5.40. The van der Waals surface area contributed by atoms with E-state index in [4.69, 9.17) is 4.74 Å². The molecule has 4 heteroatoms. The first-order chi connectivity index (χ1) is 9.15. The summed E-state index contributed by atoms with van der Waals surface area (Å²) in [6.45, 7) is 11.6. The molecule has 0 radical (unpaired) electrons. The Kier molecular flexibility index (Phi) is 7.84. The van der Waals surface area contributed by atoms with E-state index in [1.165, 1.54) is 0 Å². The monoisotopic (exact) mass is 286 g/mol. The van der Waals surface area contributed by atoms with Crippen LogP contribution in [0, 0.1) is 17.3 Å². The summed E-state index contributed by atoms with van der Waals surface area (Å²) in [5.41, 5.74) is -1.41. The molecule has 20 heavy (non-hydrogen) atoms. The standard InChI is InChI=1S/C16H30O4/c1-7-8-13(6)20-15(19)16(14(17)18,9-11(2)3)10-12(4)5/h11-13H,7-10H2,1-6H3,(H,17,18). The zero-order valence-electron chi connectivity index (χ0n) is 13.7. The molecule has 0 saturated carbocycles. The predicted molar refractivity (Wildman–Crippen MR) is 79.4 cm³/mol. The van der Waals surface area contributed by atoms with E-state index in [-0.39, 0.29) is 17.9 Å². The number of aliphatic carboxylic acids is 1. The van der Waals surface area contributed by atoms with Crippen LogP contribution in [-0.4, -0.2) is 23.1 Å². The number of esters is 1. The molecular weight excluding hydrogens is 256 g/mol. The predicted octanol–water partition coefficient (Wildman–Crippen LogP) is 3.88. The van der Waals surface area contributed by atoms with Crippen LogP contribution in [-0.2, 0) is 14.3 Å². The topological polar surface area (TPSA) is 63.6 Å². The maximum Gasteiger partial charge on any atom is 0.323 e. The Hall–Kier alpha value is -1.06. The van der Waals surface area contributed by atoms with Crippen molar-refractivity contribution in [3.63, 3.8) is 0 Å². The first-order valence-corrected chi connectivity index (χ1v) is 7.60. The molecule has 0 aromatic carbocycles. The normalized spacial score (nSPS) is 13.6. The van der Waals surface area contributed by atoms with Crippen molar-refractivity contribution in [2.45, 2.75) is 73.3 Å². The second kappa shape index (κ2) is 8.28. The van der Waals surface area contributed by atoms with E-state index in [1.54, 1.807) is 0 Å². The van der Waals surface area contributed by atoms with Crippen LogP contribution >= 0.6 is 0 Å². The summed E-state index contributed by atoms with van der Waals surface area (Å²) in [6.07, 6.45) is 2.06. The van der Waals surface area contributed by atoms with E-state index in [9.17, 15) is 14.7 Å². The molecule has 0 amide bonds. The summed E-state index contributed by atoms with van der Waals surface area (Å²) in [5.74, 6) is -1.39. The number of carboxylic acid groups (broad SMARTS) is 1. The lowest BCUT2D eigenvalue weighted by Crippen LogP contribution is -2.44. The minimum Gasteiger partial charge on any atom is -0.480 e. The number of hydrogen-bond acceptors (Lipinski definition) is 3. The van der Waals surface area contributed by atoms with Gasteiger partial charge in [0.15, 0.2) is 5.41 Å². The molecule has 0 spiro atoms. The van der Waals surface area contributed by atoms with E-state index in [0.717, 1.165) is 12.8 Å². The van der Waals surface area contributed by atoms with Gasteiger partial charge in [-0.2, -0.15) is 0 Å². The summed E-state index contributed by atoms with van der Waals surface area (Å²) in [4.78, 5) is 24.2. The maximum absolute atomic E-state index is 12.5. The van der Waals surface area contributed by atoms with Gasteiger partial charge in [0.2, 0.25) is 0 Å². The van der Waals surface area contributed by atoms with Crippen LogP contribution in [0.25, 0.3) is 0 Å². The largest absolute Gasteiger partial charge is 0.480 e. The van der Waals surface area contributed by atoms with Crippen molar-refractivity contribution >= 4 is 11.9 Å². The van der Waals surface area contributed by atoms with Gasteiger partial charge in [-0.25, -0.2) is 0 Å². The molecular formula is C16H30O4. The van der Waals surface area contributed by atoms with Gasteiger partial charge < -0.3 is 9.84 Å². The number of carbonyl (C=O) groups is 2. The molecule has 0 saturated heterocycles. The van der Waals surface area contributed by atoms with Crippen LogP contribution in [0.3, 0.4) is 0 Å². The maximum atomic E-state index is 12.5. The van der Waals surface area contributed by atoms with Crippen molar-refractivity contribution in [1.29, 1.82) is 0 Å². The molecule has 1 N–H and O–H groups in total. The summed E-state index contributed by atoms with van der Waals surface area (Å²) in [5, 5.41) is 9.63. The highest BCUT2D eigenvalue weighted by Crippen LogP contribution is 2.36. The molecule has 0 rings (SSSR count). The third-order valence-corrected chi connectivity index (χ3v) is 3.32. The fraction of sp³-hybridized carbons (Fsp3) is 0.875. The zero-order valence-corrected chi connectivity index (χ0v) is 13.7. The molecule has 0 fully saturated rings. The quantitative estimate of drug-likeness (QED) is 0.516. The van der Waals surface area contributed by atoms with E-state index in [0.29, 0.717) is 12.8 Å². The highest BCUT2D eigenvalue weighted by atomic mass is 16.5. The molecule has 0 aromatic rings. The lowest BCUT2D eigenvalue weighted by molar-refractivity contribution is -0.175. The molecule has 0 aliphatic rings. The SMILES string of the molecule is CCCC(C)OC(=O)C(CC(C)C)(CC(C)C)C(=O)O. The van der Waals surface area contributed by atoms with Crippen molar-refractivity contribution in [2.24, 2.45) is 17.3 Å². The average Bonchev–Trinajstić information content (AvgIpc) is 2.26. The fourth-order valence-electron chi connectivity index (χ4n) is 2.67. The van der Waals surface area contributed by atoms with E-state index in [1.807, 2.05) is 41.5 Å². The van der Waals surface area contributed by atoms with E-state index >= 15 is 0 Å². The third kappa shape index (κ3) is 5.51. The molecule has 0 aliphatic heterocycles. The number of ether oxygens (including phenoxy) is 1. The second-order valence-corrected chi connectivity index (χ2v) is 6.59.